The van der Waals surface area contributed by atoms with Gasteiger partial charge in [-0.05, 0) is 31.1 Å². The highest BCUT2D eigenvalue weighted by Gasteiger charge is 2.24. The van der Waals surface area contributed by atoms with E-state index in [9.17, 15) is 0 Å². The molecule has 2 rings (SSSR count). The number of nitrogen functional groups attached to an aromatic ring is 1. The van der Waals surface area contributed by atoms with E-state index >= 15 is 0 Å². The molecule has 3 unspecified atom stereocenters. The van der Waals surface area contributed by atoms with Gasteiger partial charge in [-0.1, -0.05) is 13.8 Å². The van der Waals surface area contributed by atoms with E-state index in [0.29, 0.717) is 24.3 Å². The van der Waals surface area contributed by atoms with Gasteiger partial charge in [0.1, 0.15) is 18.2 Å². The number of methoxy groups -OCH3 is 1. The standard InChI is InChI=1S/C14H25N5O/c1-9-4-5-11(6-10(9)2)16-12-7-13(19-15)18-14(17-12)8-20-3/h7,9-11H,4-6,8,15H2,1-3H3,(H2,16,17,18,19). The van der Waals surface area contributed by atoms with Gasteiger partial charge in [-0.2, -0.15) is 0 Å². The van der Waals surface area contributed by atoms with Crippen LogP contribution in [0.4, 0.5) is 11.6 Å². The van der Waals surface area contributed by atoms with Gasteiger partial charge >= 0.3 is 0 Å². The summed E-state index contributed by atoms with van der Waals surface area (Å²) in [6.07, 6.45) is 3.62. The number of nitrogens with zero attached hydrogens (tertiary/aromatic N) is 2. The number of anilines is 2. The lowest BCUT2D eigenvalue weighted by molar-refractivity contribution is 0.178. The van der Waals surface area contributed by atoms with E-state index in [1.165, 1.54) is 19.3 Å². The zero-order valence-electron chi connectivity index (χ0n) is 12.5. The largest absolute Gasteiger partial charge is 0.377 e. The maximum atomic E-state index is 5.45. The van der Waals surface area contributed by atoms with E-state index in [1.54, 1.807) is 7.11 Å². The SMILES string of the molecule is COCc1nc(NN)cc(NC2CCC(C)C(C)C2)n1. The van der Waals surface area contributed by atoms with Crippen molar-refractivity contribution < 1.29 is 4.74 Å². The van der Waals surface area contributed by atoms with Crippen molar-refractivity contribution >= 4 is 11.6 Å². The first-order chi connectivity index (χ1) is 9.62. The van der Waals surface area contributed by atoms with Crippen LogP contribution in [0.15, 0.2) is 6.07 Å². The molecule has 1 aliphatic carbocycles. The number of nitrogens with one attached hydrogen (secondary N) is 2. The fourth-order valence-electron chi connectivity index (χ4n) is 2.73. The summed E-state index contributed by atoms with van der Waals surface area (Å²) in [5.41, 5.74) is 2.57. The Morgan fingerprint density at radius 3 is 2.65 bits per heavy atom. The quantitative estimate of drug-likeness (QED) is 0.565. The van der Waals surface area contributed by atoms with Crippen LogP contribution in [0.3, 0.4) is 0 Å². The zero-order chi connectivity index (χ0) is 14.5. The normalized spacial score (nSPS) is 26.3. The molecule has 0 aromatic carbocycles. The summed E-state index contributed by atoms with van der Waals surface area (Å²) < 4.78 is 5.08. The van der Waals surface area contributed by atoms with Crippen LogP contribution in [0.5, 0.6) is 0 Å². The summed E-state index contributed by atoms with van der Waals surface area (Å²) in [5.74, 6) is 9.04. The van der Waals surface area contributed by atoms with Gasteiger partial charge in [-0.3, -0.25) is 0 Å². The van der Waals surface area contributed by atoms with Crippen LogP contribution in [0.1, 0.15) is 38.9 Å². The fraction of sp³-hybridized carbons (Fsp3) is 0.714. The Kier molecular flexibility index (Phi) is 5.14. The van der Waals surface area contributed by atoms with Crippen LogP contribution in [-0.2, 0) is 11.3 Å². The molecule has 1 aromatic heterocycles. The monoisotopic (exact) mass is 279 g/mol. The molecule has 112 valence electrons. The first kappa shape index (κ1) is 15.0. The molecule has 3 atom stereocenters. The van der Waals surface area contributed by atoms with Crippen LogP contribution in [0.25, 0.3) is 0 Å². The Morgan fingerprint density at radius 1 is 1.25 bits per heavy atom. The highest BCUT2D eigenvalue weighted by molar-refractivity contribution is 5.47. The average molecular weight is 279 g/mol. The number of rotatable bonds is 5. The molecule has 20 heavy (non-hydrogen) atoms. The van der Waals surface area contributed by atoms with Crippen LogP contribution in [-0.4, -0.2) is 23.1 Å². The van der Waals surface area contributed by atoms with Crippen molar-refractivity contribution in [2.45, 2.75) is 45.8 Å². The summed E-state index contributed by atoms with van der Waals surface area (Å²) in [6, 6.07) is 2.30. The summed E-state index contributed by atoms with van der Waals surface area (Å²) >= 11 is 0. The minimum Gasteiger partial charge on any atom is -0.377 e. The van der Waals surface area contributed by atoms with Crippen LogP contribution >= 0.6 is 0 Å². The Balaban J connectivity index is 2.06. The van der Waals surface area contributed by atoms with E-state index in [4.69, 9.17) is 10.6 Å². The molecule has 4 N–H and O–H groups in total. The number of ether oxygens (including phenoxy) is 1. The van der Waals surface area contributed by atoms with E-state index < -0.39 is 0 Å². The van der Waals surface area contributed by atoms with Gasteiger partial charge in [0, 0.05) is 19.2 Å². The third-order valence-corrected chi connectivity index (χ3v) is 4.14. The first-order valence-corrected chi connectivity index (χ1v) is 7.22. The van der Waals surface area contributed by atoms with Crippen LogP contribution in [0, 0.1) is 11.8 Å². The summed E-state index contributed by atoms with van der Waals surface area (Å²) in [7, 11) is 1.63. The second kappa shape index (κ2) is 6.85. The van der Waals surface area contributed by atoms with E-state index in [-0.39, 0.29) is 0 Å². The van der Waals surface area contributed by atoms with Gasteiger partial charge in [0.25, 0.3) is 0 Å². The average Bonchev–Trinajstić information content (AvgIpc) is 2.43. The third kappa shape index (κ3) is 3.80. The lowest BCUT2D eigenvalue weighted by Gasteiger charge is -2.32. The molecule has 0 bridgehead atoms. The molecule has 1 saturated carbocycles. The fourth-order valence-corrected chi connectivity index (χ4v) is 2.73. The second-order valence-corrected chi connectivity index (χ2v) is 5.74. The summed E-state index contributed by atoms with van der Waals surface area (Å²) in [5, 5.41) is 3.50. The molecule has 0 radical (unpaired) electrons. The summed E-state index contributed by atoms with van der Waals surface area (Å²) in [6.45, 7) is 5.03. The molecule has 0 aliphatic heterocycles. The van der Waals surface area contributed by atoms with E-state index in [2.05, 4.69) is 34.6 Å². The van der Waals surface area contributed by atoms with Crippen molar-refractivity contribution in [3.8, 4) is 0 Å². The Hall–Kier alpha value is -1.40. The highest BCUT2D eigenvalue weighted by Crippen LogP contribution is 2.30. The molecule has 1 heterocycles. The molecule has 1 fully saturated rings. The molecule has 0 spiro atoms. The zero-order valence-corrected chi connectivity index (χ0v) is 12.5. The molecular weight excluding hydrogens is 254 g/mol. The maximum Gasteiger partial charge on any atom is 0.158 e. The van der Waals surface area contributed by atoms with E-state index in [1.807, 2.05) is 6.07 Å². The Morgan fingerprint density at radius 2 is 2.00 bits per heavy atom. The molecule has 0 saturated heterocycles. The molecule has 1 aromatic rings. The third-order valence-electron chi connectivity index (χ3n) is 4.14. The van der Waals surface area contributed by atoms with Crippen LogP contribution in [0.2, 0.25) is 0 Å². The molecule has 0 amide bonds. The smallest absolute Gasteiger partial charge is 0.158 e. The van der Waals surface area contributed by atoms with Gasteiger partial charge in [0.2, 0.25) is 0 Å². The second-order valence-electron chi connectivity index (χ2n) is 5.74. The van der Waals surface area contributed by atoms with Crippen molar-refractivity contribution in [3.63, 3.8) is 0 Å². The predicted molar refractivity (Wildman–Crippen MR) is 80.1 cm³/mol. The number of hydrazine groups is 1. The van der Waals surface area contributed by atoms with Gasteiger partial charge in [0.05, 0.1) is 0 Å². The van der Waals surface area contributed by atoms with Gasteiger partial charge < -0.3 is 15.5 Å². The number of hydrogen-bond acceptors (Lipinski definition) is 6. The topological polar surface area (TPSA) is 85.1 Å². The minimum atomic E-state index is 0.377. The van der Waals surface area contributed by atoms with Crippen LogP contribution < -0.4 is 16.6 Å². The molecule has 1 aliphatic rings. The molecule has 6 heteroatoms. The predicted octanol–water partition coefficient (Wildman–Crippen LogP) is 2.15. The lowest BCUT2D eigenvalue weighted by atomic mass is 9.79. The van der Waals surface area contributed by atoms with Crippen molar-refractivity contribution in [2.75, 3.05) is 17.9 Å². The highest BCUT2D eigenvalue weighted by atomic mass is 16.5. The minimum absolute atomic E-state index is 0.377. The van der Waals surface area contributed by atoms with E-state index in [0.717, 1.165) is 17.7 Å². The lowest BCUT2D eigenvalue weighted by Crippen LogP contribution is -2.30. The maximum absolute atomic E-state index is 5.45. The molecular formula is C14H25N5O. The van der Waals surface area contributed by atoms with Crippen molar-refractivity contribution in [3.05, 3.63) is 11.9 Å². The van der Waals surface area contributed by atoms with Gasteiger partial charge in [-0.15, -0.1) is 0 Å². The van der Waals surface area contributed by atoms with Crippen molar-refractivity contribution in [1.82, 2.24) is 9.97 Å². The number of hydrogen-bond donors (Lipinski definition) is 3. The van der Waals surface area contributed by atoms with Gasteiger partial charge in [-0.25, -0.2) is 15.8 Å². The first-order valence-electron chi connectivity index (χ1n) is 7.22. The Labute approximate surface area is 120 Å². The van der Waals surface area contributed by atoms with Gasteiger partial charge in [0.15, 0.2) is 5.82 Å². The Bertz CT molecular complexity index is 440. The number of nitrogens with two attached hydrogens (primary N) is 1. The number of aromatic nitrogens is 2. The van der Waals surface area contributed by atoms with Crippen molar-refractivity contribution in [1.29, 1.82) is 0 Å². The molecule has 6 nitrogen and oxygen atoms in total. The van der Waals surface area contributed by atoms with Crippen molar-refractivity contribution in [2.24, 2.45) is 17.7 Å². The summed E-state index contributed by atoms with van der Waals surface area (Å²) in [4.78, 5) is 8.72.